The summed E-state index contributed by atoms with van der Waals surface area (Å²) in [6.07, 6.45) is -1.88. The van der Waals surface area contributed by atoms with E-state index in [9.17, 15) is 35.2 Å². The van der Waals surface area contributed by atoms with Gasteiger partial charge in [0.1, 0.15) is 19.6 Å². The summed E-state index contributed by atoms with van der Waals surface area (Å²) in [6, 6.07) is 13.7. The summed E-state index contributed by atoms with van der Waals surface area (Å²) in [5.74, 6) is 0. The van der Waals surface area contributed by atoms with E-state index in [1.807, 2.05) is 0 Å². The summed E-state index contributed by atoms with van der Waals surface area (Å²) in [6.45, 7) is -1.85. The lowest BCUT2D eigenvalue weighted by Crippen LogP contribution is -2.15. The molecule has 196 valence electrons. The van der Waals surface area contributed by atoms with E-state index in [2.05, 4.69) is 10.5 Å². The Labute approximate surface area is 214 Å². The van der Waals surface area contributed by atoms with Gasteiger partial charge in [-0.2, -0.15) is 18.3 Å². The normalized spacial score (nSPS) is 16.1. The summed E-state index contributed by atoms with van der Waals surface area (Å²) in [5, 5.41) is 4.13. The topological polar surface area (TPSA) is 75.6 Å². The Bertz CT molecular complexity index is 1550. The van der Waals surface area contributed by atoms with Crippen LogP contribution in [0.4, 0.5) is 27.6 Å². The van der Waals surface area contributed by atoms with E-state index in [4.69, 9.17) is 0 Å². The van der Waals surface area contributed by atoms with Gasteiger partial charge in [0.05, 0.1) is 26.8 Å². The van der Waals surface area contributed by atoms with Gasteiger partial charge in [-0.3, -0.25) is 10.2 Å². The van der Waals surface area contributed by atoms with Crippen LogP contribution < -0.4 is 5.43 Å². The largest absolute Gasteiger partial charge is 0.416 e. The molecule has 0 aromatic heterocycles. The summed E-state index contributed by atoms with van der Waals surface area (Å²) in [7, 11) is -4.36. The van der Waals surface area contributed by atoms with E-state index < -0.39 is 39.8 Å². The molecule has 0 aliphatic carbocycles. The quantitative estimate of drug-likeness (QED) is 0.202. The number of benzene rings is 3. The molecule has 0 saturated carbocycles. The fourth-order valence-electron chi connectivity index (χ4n) is 3.84. The minimum Gasteiger partial charge on any atom is -0.298 e. The Kier molecular flexibility index (Phi) is 7.58. The van der Waals surface area contributed by atoms with Gasteiger partial charge in [-0.25, -0.2) is 17.2 Å². The molecule has 1 N–H and O–H groups in total. The number of aldehydes is 1. The molecular formula is C27H19F5N2O3S. The van der Waals surface area contributed by atoms with Gasteiger partial charge in [-0.15, -0.1) is 0 Å². The standard InChI is InChI=1S/C27H19F5N2O3S/c28-14-20-4-1-5-21(15-29)26(20)34-33-23-12-24(18-9-7-17(16-35)8-10-18)38(36,37)25(13-23)19-3-2-6-22(11-19)27(30,31)32/h1-13,16,34H,14-15H2/b33-23+. The molecule has 0 spiro atoms. The highest BCUT2D eigenvalue weighted by atomic mass is 32.2. The van der Waals surface area contributed by atoms with Crippen LogP contribution in [0.25, 0.3) is 9.81 Å². The summed E-state index contributed by atoms with van der Waals surface area (Å²) in [4.78, 5) is 10.3. The first-order chi connectivity index (χ1) is 18.1. The number of halogens is 5. The number of para-hydroxylation sites is 1. The van der Waals surface area contributed by atoms with Crippen LogP contribution in [-0.4, -0.2) is 20.4 Å². The minimum atomic E-state index is -4.71. The first-order valence-electron chi connectivity index (χ1n) is 11.1. The molecule has 0 bridgehead atoms. The van der Waals surface area contributed by atoms with Gasteiger partial charge in [-0.05, 0) is 35.4 Å². The average molecular weight is 547 g/mol. The Morgan fingerprint density at radius 1 is 0.816 bits per heavy atom. The Hall–Kier alpha value is -4.12. The van der Waals surface area contributed by atoms with E-state index in [1.165, 1.54) is 54.6 Å². The number of nitrogens with one attached hydrogen (secondary N) is 1. The van der Waals surface area contributed by atoms with Crippen molar-refractivity contribution in [3.63, 3.8) is 0 Å². The summed E-state index contributed by atoms with van der Waals surface area (Å²) in [5.41, 5.74) is 2.01. The van der Waals surface area contributed by atoms with Crippen LogP contribution in [0.15, 0.2) is 84.0 Å². The highest BCUT2D eigenvalue weighted by Gasteiger charge is 2.34. The van der Waals surface area contributed by atoms with E-state index in [0.29, 0.717) is 12.4 Å². The zero-order valence-electron chi connectivity index (χ0n) is 19.5. The number of hydrogen-bond acceptors (Lipinski definition) is 5. The van der Waals surface area contributed by atoms with Crippen LogP contribution in [-0.2, 0) is 29.4 Å². The molecule has 0 unspecified atom stereocenters. The maximum absolute atomic E-state index is 13.6. The van der Waals surface area contributed by atoms with Crippen molar-refractivity contribution in [3.05, 3.63) is 112 Å². The Morgan fingerprint density at radius 2 is 1.39 bits per heavy atom. The maximum atomic E-state index is 13.6. The molecule has 0 radical (unpaired) electrons. The highest BCUT2D eigenvalue weighted by Crippen LogP contribution is 2.38. The number of rotatable bonds is 7. The van der Waals surface area contributed by atoms with Crippen molar-refractivity contribution in [1.82, 2.24) is 0 Å². The number of carbonyl (C=O) groups excluding carboxylic acids is 1. The molecule has 0 amide bonds. The minimum absolute atomic E-state index is 0.0276. The van der Waals surface area contributed by atoms with Gasteiger partial charge >= 0.3 is 6.18 Å². The van der Waals surface area contributed by atoms with Gasteiger partial charge in [0.2, 0.25) is 9.84 Å². The fraction of sp³-hybridized carbons (Fsp3) is 0.111. The van der Waals surface area contributed by atoms with Crippen molar-refractivity contribution in [1.29, 1.82) is 0 Å². The first kappa shape index (κ1) is 26.9. The summed E-state index contributed by atoms with van der Waals surface area (Å²) < 4.78 is 94.3. The third-order valence-electron chi connectivity index (χ3n) is 5.76. The molecule has 1 aliphatic rings. The first-order valence-corrected chi connectivity index (χ1v) is 12.5. The highest BCUT2D eigenvalue weighted by molar-refractivity contribution is 8.09. The predicted molar refractivity (Wildman–Crippen MR) is 135 cm³/mol. The Balaban J connectivity index is 1.88. The zero-order valence-corrected chi connectivity index (χ0v) is 20.3. The lowest BCUT2D eigenvalue weighted by atomic mass is 10.1. The van der Waals surface area contributed by atoms with Crippen molar-refractivity contribution < 1.29 is 35.2 Å². The molecule has 0 atom stereocenters. The number of hydrogen-bond donors (Lipinski definition) is 1. The number of alkyl halides is 5. The molecule has 11 heteroatoms. The number of carbonyl (C=O) groups is 1. The van der Waals surface area contributed by atoms with Gasteiger partial charge in [0, 0.05) is 16.7 Å². The summed E-state index contributed by atoms with van der Waals surface area (Å²) >= 11 is 0. The van der Waals surface area contributed by atoms with Gasteiger partial charge in [-0.1, -0.05) is 54.6 Å². The van der Waals surface area contributed by atoms with Gasteiger partial charge in [0.15, 0.2) is 0 Å². The zero-order chi connectivity index (χ0) is 27.5. The number of hydrazone groups is 1. The number of sulfone groups is 1. The van der Waals surface area contributed by atoms with Gasteiger partial charge < -0.3 is 0 Å². The second kappa shape index (κ2) is 10.7. The molecule has 1 heterocycles. The predicted octanol–water partition coefficient (Wildman–Crippen LogP) is 6.74. The monoisotopic (exact) mass is 546 g/mol. The number of anilines is 1. The van der Waals surface area contributed by atoms with E-state index in [1.54, 1.807) is 0 Å². The molecule has 3 aromatic rings. The third kappa shape index (κ3) is 5.42. The van der Waals surface area contributed by atoms with Crippen LogP contribution in [0.1, 0.15) is 38.2 Å². The van der Waals surface area contributed by atoms with E-state index >= 15 is 0 Å². The van der Waals surface area contributed by atoms with E-state index in [-0.39, 0.29) is 44.1 Å². The lowest BCUT2D eigenvalue weighted by Gasteiger charge is -2.19. The number of allylic oxidation sites excluding steroid dienone is 2. The second-order valence-electron chi connectivity index (χ2n) is 8.21. The van der Waals surface area contributed by atoms with Crippen LogP contribution in [0.2, 0.25) is 0 Å². The van der Waals surface area contributed by atoms with E-state index in [0.717, 1.165) is 18.2 Å². The molecule has 0 fully saturated rings. The molecule has 38 heavy (non-hydrogen) atoms. The van der Waals surface area contributed by atoms with Crippen LogP contribution in [0, 0.1) is 0 Å². The molecular weight excluding hydrogens is 527 g/mol. The van der Waals surface area contributed by atoms with Crippen molar-refractivity contribution in [3.8, 4) is 0 Å². The van der Waals surface area contributed by atoms with Crippen LogP contribution >= 0.6 is 0 Å². The Morgan fingerprint density at radius 3 is 1.95 bits per heavy atom. The molecule has 4 rings (SSSR count). The molecule has 0 saturated heterocycles. The average Bonchev–Trinajstić information content (AvgIpc) is 2.91. The van der Waals surface area contributed by atoms with Crippen molar-refractivity contribution >= 4 is 37.3 Å². The smallest absolute Gasteiger partial charge is 0.298 e. The fourth-order valence-corrected chi connectivity index (χ4v) is 5.51. The van der Waals surface area contributed by atoms with Crippen molar-refractivity contribution in [2.24, 2.45) is 5.10 Å². The molecule has 1 aliphatic heterocycles. The van der Waals surface area contributed by atoms with Crippen LogP contribution in [0.5, 0.6) is 0 Å². The molecule has 5 nitrogen and oxygen atoms in total. The lowest BCUT2D eigenvalue weighted by molar-refractivity contribution is -0.137. The molecule has 3 aromatic carbocycles. The van der Waals surface area contributed by atoms with Crippen molar-refractivity contribution in [2.45, 2.75) is 19.5 Å². The SMILES string of the molecule is O=Cc1ccc(C2=C/C(=N\Nc3c(CF)cccc3CF)C=C(c3cccc(C(F)(F)F)c3)S2(=O)=O)cc1. The number of nitrogens with zero attached hydrogens (tertiary/aromatic N) is 1. The van der Waals surface area contributed by atoms with Crippen molar-refractivity contribution in [2.75, 3.05) is 5.43 Å². The maximum Gasteiger partial charge on any atom is 0.416 e. The third-order valence-corrected chi connectivity index (χ3v) is 7.63. The van der Waals surface area contributed by atoms with Crippen LogP contribution in [0.3, 0.4) is 0 Å². The second-order valence-corrected chi connectivity index (χ2v) is 10.1. The van der Waals surface area contributed by atoms with Gasteiger partial charge in [0.25, 0.3) is 0 Å².